The van der Waals surface area contributed by atoms with Crippen LogP contribution in [-0.4, -0.2) is 54.8 Å². The summed E-state index contributed by atoms with van der Waals surface area (Å²) in [6.45, 7) is 4.29. The molecule has 7 nitrogen and oxygen atoms in total. The number of rotatable bonds is 14. The fourth-order valence-electron chi connectivity index (χ4n) is 4.38. The highest BCUT2D eigenvalue weighted by molar-refractivity contribution is 6.00. The first-order chi connectivity index (χ1) is 15.9. The van der Waals surface area contributed by atoms with Crippen LogP contribution in [0.2, 0.25) is 0 Å². The van der Waals surface area contributed by atoms with Crippen molar-refractivity contribution >= 4 is 18.1 Å². The third-order valence-corrected chi connectivity index (χ3v) is 6.58. The minimum absolute atomic E-state index is 0.216. The number of ether oxygens (including phenoxy) is 1. The lowest BCUT2D eigenvalue weighted by Gasteiger charge is -2.32. The predicted octanol–water partition coefficient (Wildman–Crippen LogP) is 3.37. The van der Waals surface area contributed by atoms with Gasteiger partial charge in [0.1, 0.15) is 5.75 Å². The van der Waals surface area contributed by atoms with E-state index in [9.17, 15) is 14.4 Å². The van der Waals surface area contributed by atoms with Crippen molar-refractivity contribution in [3.8, 4) is 5.75 Å². The molecule has 1 heterocycles. The molecule has 2 unspecified atom stereocenters. The standard InChI is InChI=1S/C26H37N3O4/c1-26(14-9-15-26)27-16-6-4-3-5-7-17-33-23-11-8-10-20(19-30)21(23)18-29(2)22-12-13-24(31)28-25(22)32/h8-11,14,19,22,27H,3-7,12-13,15-18H2,1-2H3,(H,28,31,32). The van der Waals surface area contributed by atoms with Crippen molar-refractivity contribution in [1.82, 2.24) is 15.5 Å². The van der Waals surface area contributed by atoms with E-state index in [0.717, 1.165) is 37.7 Å². The molecule has 1 aromatic carbocycles. The summed E-state index contributed by atoms with van der Waals surface area (Å²) >= 11 is 0. The van der Waals surface area contributed by atoms with Crippen molar-refractivity contribution in [2.75, 3.05) is 20.2 Å². The molecule has 1 aromatic rings. The second kappa shape index (κ2) is 12.1. The number of carbonyl (C=O) groups is 3. The molecule has 3 rings (SSSR count). The highest BCUT2D eigenvalue weighted by Gasteiger charge is 2.30. The SMILES string of the molecule is CN(Cc1c(C=O)cccc1OCCCCCCCNC1(C)C=CC1)C1CCC(=O)NC1=O. The van der Waals surface area contributed by atoms with Crippen LogP contribution in [0.3, 0.4) is 0 Å². The number of aldehydes is 1. The summed E-state index contributed by atoms with van der Waals surface area (Å²) in [6, 6.07) is 5.07. The maximum atomic E-state index is 12.2. The van der Waals surface area contributed by atoms with Crippen LogP contribution in [-0.2, 0) is 16.1 Å². The van der Waals surface area contributed by atoms with Crippen LogP contribution in [0.15, 0.2) is 30.4 Å². The third kappa shape index (κ3) is 7.24. The van der Waals surface area contributed by atoms with Gasteiger partial charge in [-0.2, -0.15) is 0 Å². The number of piperidine rings is 1. The van der Waals surface area contributed by atoms with E-state index in [1.54, 1.807) is 6.07 Å². The molecule has 0 spiro atoms. The zero-order chi connectivity index (χ0) is 23.7. The van der Waals surface area contributed by atoms with E-state index in [1.165, 1.54) is 19.3 Å². The molecule has 1 saturated heterocycles. The Labute approximate surface area is 196 Å². The van der Waals surface area contributed by atoms with E-state index >= 15 is 0 Å². The molecule has 180 valence electrons. The van der Waals surface area contributed by atoms with Gasteiger partial charge in [0.2, 0.25) is 11.8 Å². The quantitative estimate of drug-likeness (QED) is 0.194. The van der Waals surface area contributed by atoms with Gasteiger partial charge in [-0.25, -0.2) is 0 Å². The zero-order valence-electron chi connectivity index (χ0n) is 19.9. The van der Waals surface area contributed by atoms with Crippen LogP contribution >= 0.6 is 0 Å². The third-order valence-electron chi connectivity index (χ3n) is 6.58. The summed E-state index contributed by atoms with van der Waals surface area (Å²) in [4.78, 5) is 37.1. The second-order valence-corrected chi connectivity index (χ2v) is 9.39. The molecule has 1 fully saturated rings. The van der Waals surface area contributed by atoms with Crippen LogP contribution in [0, 0.1) is 0 Å². The number of likely N-dealkylation sites (N-methyl/N-ethyl adjacent to an activating group) is 1. The molecular formula is C26H37N3O4. The van der Waals surface area contributed by atoms with Gasteiger partial charge in [0.25, 0.3) is 0 Å². The molecule has 2 amide bonds. The van der Waals surface area contributed by atoms with Gasteiger partial charge in [-0.15, -0.1) is 0 Å². The Morgan fingerprint density at radius 3 is 2.67 bits per heavy atom. The van der Waals surface area contributed by atoms with Gasteiger partial charge in [-0.3, -0.25) is 24.6 Å². The minimum Gasteiger partial charge on any atom is -0.493 e. The fourth-order valence-corrected chi connectivity index (χ4v) is 4.38. The van der Waals surface area contributed by atoms with E-state index in [0.29, 0.717) is 37.3 Å². The highest BCUT2D eigenvalue weighted by atomic mass is 16.5. The van der Waals surface area contributed by atoms with Crippen molar-refractivity contribution in [3.63, 3.8) is 0 Å². The summed E-state index contributed by atoms with van der Waals surface area (Å²) in [5.74, 6) is 0.168. The van der Waals surface area contributed by atoms with Crippen molar-refractivity contribution in [2.45, 2.75) is 76.4 Å². The lowest BCUT2D eigenvalue weighted by atomic mass is 9.87. The van der Waals surface area contributed by atoms with Gasteiger partial charge in [0, 0.05) is 29.6 Å². The lowest BCUT2D eigenvalue weighted by molar-refractivity contribution is -0.137. The largest absolute Gasteiger partial charge is 0.493 e. The summed E-state index contributed by atoms with van der Waals surface area (Å²) in [6.07, 6.45) is 12.8. The Morgan fingerprint density at radius 2 is 1.97 bits per heavy atom. The maximum Gasteiger partial charge on any atom is 0.243 e. The molecule has 2 aliphatic rings. The number of unbranched alkanes of at least 4 members (excludes halogenated alkanes) is 4. The van der Waals surface area contributed by atoms with Gasteiger partial charge in [0.05, 0.1) is 12.6 Å². The summed E-state index contributed by atoms with van der Waals surface area (Å²) < 4.78 is 6.05. The van der Waals surface area contributed by atoms with Crippen LogP contribution in [0.5, 0.6) is 5.75 Å². The lowest BCUT2D eigenvalue weighted by Crippen LogP contribution is -2.51. The Morgan fingerprint density at radius 1 is 1.21 bits per heavy atom. The molecule has 0 bridgehead atoms. The van der Waals surface area contributed by atoms with Gasteiger partial charge in [0.15, 0.2) is 6.29 Å². The topological polar surface area (TPSA) is 87.7 Å². The first-order valence-electron chi connectivity index (χ1n) is 12.1. The van der Waals surface area contributed by atoms with Gasteiger partial charge in [-0.1, -0.05) is 43.5 Å². The number of carbonyl (C=O) groups excluding carboxylic acids is 3. The summed E-state index contributed by atoms with van der Waals surface area (Å²) in [5.41, 5.74) is 1.56. The number of hydrogen-bond acceptors (Lipinski definition) is 6. The van der Waals surface area contributed by atoms with Crippen molar-refractivity contribution in [2.24, 2.45) is 0 Å². The molecule has 0 aromatic heterocycles. The fraction of sp³-hybridized carbons (Fsp3) is 0.577. The maximum absolute atomic E-state index is 12.2. The molecular weight excluding hydrogens is 418 g/mol. The van der Waals surface area contributed by atoms with Crippen molar-refractivity contribution < 1.29 is 19.1 Å². The monoisotopic (exact) mass is 455 g/mol. The zero-order valence-corrected chi connectivity index (χ0v) is 19.9. The average Bonchev–Trinajstić information content (AvgIpc) is 2.77. The van der Waals surface area contributed by atoms with E-state index in [1.807, 2.05) is 24.1 Å². The van der Waals surface area contributed by atoms with E-state index in [2.05, 4.69) is 29.7 Å². The number of amides is 2. The minimum atomic E-state index is -0.396. The van der Waals surface area contributed by atoms with E-state index in [-0.39, 0.29) is 17.4 Å². The number of nitrogens with zero attached hydrogens (tertiary/aromatic N) is 1. The number of imide groups is 1. The molecule has 7 heteroatoms. The Balaban J connectivity index is 1.41. The number of benzene rings is 1. The molecule has 0 radical (unpaired) electrons. The molecule has 2 atom stereocenters. The molecule has 33 heavy (non-hydrogen) atoms. The van der Waals surface area contributed by atoms with Crippen LogP contribution in [0.1, 0.15) is 74.2 Å². The van der Waals surface area contributed by atoms with E-state index in [4.69, 9.17) is 4.74 Å². The summed E-state index contributed by atoms with van der Waals surface area (Å²) in [7, 11) is 1.84. The highest BCUT2D eigenvalue weighted by Crippen LogP contribution is 2.25. The first kappa shape index (κ1) is 25.1. The predicted molar refractivity (Wildman–Crippen MR) is 128 cm³/mol. The Bertz CT molecular complexity index is 869. The van der Waals surface area contributed by atoms with Crippen molar-refractivity contribution in [1.29, 1.82) is 0 Å². The van der Waals surface area contributed by atoms with Crippen LogP contribution < -0.4 is 15.4 Å². The summed E-state index contributed by atoms with van der Waals surface area (Å²) in [5, 5.41) is 5.99. The van der Waals surface area contributed by atoms with Crippen LogP contribution in [0.4, 0.5) is 0 Å². The van der Waals surface area contributed by atoms with Gasteiger partial charge >= 0.3 is 0 Å². The van der Waals surface area contributed by atoms with Gasteiger partial charge < -0.3 is 10.1 Å². The Hall–Kier alpha value is -2.51. The number of hydrogen-bond donors (Lipinski definition) is 2. The number of nitrogens with one attached hydrogen (secondary N) is 2. The van der Waals surface area contributed by atoms with Gasteiger partial charge in [-0.05, 0) is 52.3 Å². The van der Waals surface area contributed by atoms with Crippen molar-refractivity contribution in [3.05, 3.63) is 41.5 Å². The molecule has 1 aliphatic carbocycles. The second-order valence-electron chi connectivity index (χ2n) is 9.39. The smallest absolute Gasteiger partial charge is 0.243 e. The molecule has 1 aliphatic heterocycles. The molecule has 2 N–H and O–H groups in total. The Kier molecular flexibility index (Phi) is 9.21. The first-order valence-corrected chi connectivity index (χ1v) is 12.1. The van der Waals surface area contributed by atoms with Crippen LogP contribution in [0.25, 0.3) is 0 Å². The average molecular weight is 456 g/mol. The normalized spacial score (nSPS) is 22.2. The molecule has 0 saturated carbocycles. The van der Waals surface area contributed by atoms with E-state index < -0.39 is 6.04 Å².